The van der Waals surface area contributed by atoms with Gasteiger partial charge in [0.1, 0.15) is 5.75 Å². The van der Waals surface area contributed by atoms with E-state index in [1.54, 1.807) is 24.3 Å². The largest absolute Gasteiger partial charge is 0.490 e. The quantitative estimate of drug-likeness (QED) is 0.743. The highest BCUT2D eigenvalue weighted by molar-refractivity contribution is 5.94. The van der Waals surface area contributed by atoms with Crippen LogP contribution in [0, 0.1) is 5.92 Å². The van der Waals surface area contributed by atoms with Gasteiger partial charge >= 0.3 is 5.97 Å². The summed E-state index contributed by atoms with van der Waals surface area (Å²) in [4.78, 5) is 23.5. The number of ether oxygens (including phenoxy) is 2. The molecule has 0 unspecified atom stereocenters. The number of amides is 1. The first-order valence-electron chi connectivity index (χ1n) is 8.55. The van der Waals surface area contributed by atoms with Crippen molar-refractivity contribution in [1.82, 2.24) is 5.32 Å². The van der Waals surface area contributed by atoms with E-state index in [9.17, 15) is 9.59 Å². The fourth-order valence-electron chi connectivity index (χ4n) is 2.84. The molecule has 1 fully saturated rings. The number of nitrogens with one attached hydrogen (secondary N) is 1. The van der Waals surface area contributed by atoms with E-state index in [-0.39, 0.29) is 23.9 Å². The third kappa shape index (κ3) is 5.23. The lowest BCUT2D eigenvalue weighted by atomic mass is 9.87. The zero-order valence-corrected chi connectivity index (χ0v) is 14.1. The summed E-state index contributed by atoms with van der Waals surface area (Å²) in [5.74, 6) is 0.508. The number of carbonyl (C=O) groups is 2. The standard InChI is InChI=1S/C18H26N2O4/c1-2-23-18(22)14-5-9-16(10-6-14)24-15-7-3-13(4-8-15)17(21)20-12-11-19/h3-4,7-8,14,16H,2,5-6,9-12,19H2,1H3,(H,20,21). The molecule has 0 atom stereocenters. The summed E-state index contributed by atoms with van der Waals surface area (Å²) < 4.78 is 11.0. The van der Waals surface area contributed by atoms with Crippen LogP contribution in [0.3, 0.4) is 0 Å². The molecular formula is C18H26N2O4. The van der Waals surface area contributed by atoms with E-state index in [0.717, 1.165) is 31.4 Å². The van der Waals surface area contributed by atoms with Crippen LogP contribution in [-0.4, -0.2) is 37.7 Å². The van der Waals surface area contributed by atoms with Gasteiger partial charge in [0.25, 0.3) is 5.91 Å². The van der Waals surface area contributed by atoms with Gasteiger partial charge < -0.3 is 20.5 Å². The van der Waals surface area contributed by atoms with Crippen LogP contribution < -0.4 is 15.8 Å². The summed E-state index contributed by atoms with van der Waals surface area (Å²) in [6, 6.07) is 7.08. The van der Waals surface area contributed by atoms with Crippen LogP contribution in [0.15, 0.2) is 24.3 Å². The van der Waals surface area contributed by atoms with E-state index in [1.165, 1.54) is 0 Å². The number of hydrogen-bond donors (Lipinski definition) is 2. The van der Waals surface area contributed by atoms with E-state index in [2.05, 4.69) is 5.32 Å². The van der Waals surface area contributed by atoms with Crippen LogP contribution in [0.1, 0.15) is 43.0 Å². The van der Waals surface area contributed by atoms with Crippen molar-refractivity contribution in [2.24, 2.45) is 11.7 Å². The highest BCUT2D eigenvalue weighted by Crippen LogP contribution is 2.28. The molecule has 24 heavy (non-hydrogen) atoms. The van der Waals surface area contributed by atoms with E-state index in [4.69, 9.17) is 15.2 Å². The van der Waals surface area contributed by atoms with Crippen molar-refractivity contribution >= 4 is 11.9 Å². The van der Waals surface area contributed by atoms with Crippen LogP contribution in [-0.2, 0) is 9.53 Å². The minimum atomic E-state index is -0.137. The molecule has 1 saturated carbocycles. The van der Waals surface area contributed by atoms with Crippen molar-refractivity contribution in [1.29, 1.82) is 0 Å². The fraction of sp³-hybridized carbons (Fsp3) is 0.556. The molecule has 0 aromatic heterocycles. The average Bonchev–Trinajstić information content (AvgIpc) is 2.61. The molecule has 0 aliphatic heterocycles. The molecule has 3 N–H and O–H groups in total. The normalized spacial score (nSPS) is 20.2. The van der Waals surface area contributed by atoms with Crippen molar-refractivity contribution in [3.63, 3.8) is 0 Å². The van der Waals surface area contributed by atoms with Gasteiger partial charge in [0.05, 0.1) is 18.6 Å². The Balaban J connectivity index is 1.80. The summed E-state index contributed by atoms with van der Waals surface area (Å²) in [5.41, 5.74) is 5.95. The lowest BCUT2D eigenvalue weighted by Crippen LogP contribution is -2.29. The highest BCUT2D eigenvalue weighted by atomic mass is 16.5. The predicted octanol–water partition coefficient (Wildman–Crippen LogP) is 1.88. The molecule has 6 heteroatoms. The van der Waals surface area contributed by atoms with Crippen molar-refractivity contribution < 1.29 is 19.1 Å². The monoisotopic (exact) mass is 334 g/mol. The molecule has 0 heterocycles. The first-order valence-corrected chi connectivity index (χ1v) is 8.55. The van der Waals surface area contributed by atoms with Gasteiger partial charge in [0.2, 0.25) is 0 Å². The topological polar surface area (TPSA) is 90.6 Å². The first-order chi connectivity index (χ1) is 11.6. The van der Waals surface area contributed by atoms with Gasteiger partial charge in [-0.2, -0.15) is 0 Å². The van der Waals surface area contributed by atoms with Crippen molar-refractivity contribution in [2.45, 2.75) is 38.7 Å². The summed E-state index contributed by atoms with van der Waals surface area (Å²) in [5, 5.41) is 2.73. The Morgan fingerprint density at radius 3 is 2.42 bits per heavy atom. The Morgan fingerprint density at radius 1 is 1.17 bits per heavy atom. The zero-order chi connectivity index (χ0) is 17.4. The molecule has 6 nitrogen and oxygen atoms in total. The van der Waals surface area contributed by atoms with Gasteiger partial charge in [-0.05, 0) is 56.9 Å². The number of carbonyl (C=O) groups excluding carboxylic acids is 2. The van der Waals surface area contributed by atoms with Gasteiger partial charge in [-0.3, -0.25) is 9.59 Å². The average molecular weight is 334 g/mol. The minimum absolute atomic E-state index is 0.00147. The second kappa shape index (κ2) is 9.27. The Labute approximate surface area is 142 Å². The van der Waals surface area contributed by atoms with Gasteiger partial charge in [0, 0.05) is 18.7 Å². The molecule has 1 aliphatic carbocycles. The maximum absolute atomic E-state index is 11.8. The molecule has 1 amide bonds. The molecule has 1 aromatic rings. The summed E-state index contributed by atoms with van der Waals surface area (Å²) >= 11 is 0. The fourth-order valence-corrected chi connectivity index (χ4v) is 2.84. The maximum Gasteiger partial charge on any atom is 0.308 e. The van der Waals surface area contributed by atoms with Gasteiger partial charge in [0.15, 0.2) is 0 Å². The molecule has 1 aliphatic rings. The SMILES string of the molecule is CCOC(=O)C1CCC(Oc2ccc(C(=O)NCCN)cc2)CC1. The molecular weight excluding hydrogens is 308 g/mol. The van der Waals surface area contributed by atoms with Crippen molar-refractivity contribution in [3.8, 4) is 5.75 Å². The molecule has 2 rings (SSSR count). The van der Waals surface area contributed by atoms with Crippen LogP contribution in [0.25, 0.3) is 0 Å². The van der Waals surface area contributed by atoms with E-state index in [1.807, 2.05) is 6.92 Å². The van der Waals surface area contributed by atoms with Gasteiger partial charge in [-0.1, -0.05) is 0 Å². The van der Waals surface area contributed by atoms with Crippen LogP contribution in [0.2, 0.25) is 0 Å². The number of hydrogen-bond acceptors (Lipinski definition) is 5. The Kier molecular flexibility index (Phi) is 7.06. The molecule has 0 radical (unpaired) electrons. The Hall–Kier alpha value is -2.08. The third-order valence-corrected chi connectivity index (χ3v) is 4.14. The summed E-state index contributed by atoms with van der Waals surface area (Å²) in [6.07, 6.45) is 3.36. The third-order valence-electron chi connectivity index (χ3n) is 4.14. The number of benzene rings is 1. The van der Waals surface area contributed by atoms with Crippen molar-refractivity contribution in [2.75, 3.05) is 19.7 Å². The second-order valence-electron chi connectivity index (χ2n) is 5.91. The second-order valence-corrected chi connectivity index (χ2v) is 5.91. The molecule has 0 bridgehead atoms. The lowest BCUT2D eigenvalue weighted by Gasteiger charge is -2.27. The number of esters is 1. The molecule has 132 valence electrons. The highest BCUT2D eigenvalue weighted by Gasteiger charge is 2.28. The molecule has 0 spiro atoms. The van der Waals surface area contributed by atoms with E-state index < -0.39 is 0 Å². The van der Waals surface area contributed by atoms with Gasteiger partial charge in [-0.25, -0.2) is 0 Å². The smallest absolute Gasteiger partial charge is 0.308 e. The number of rotatable bonds is 7. The van der Waals surface area contributed by atoms with Crippen LogP contribution >= 0.6 is 0 Å². The van der Waals surface area contributed by atoms with Gasteiger partial charge in [-0.15, -0.1) is 0 Å². The first kappa shape index (κ1) is 18.3. The zero-order valence-electron chi connectivity index (χ0n) is 14.1. The van der Waals surface area contributed by atoms with E-state index in [0.29, 0.717) is 25.3 Å². The Morgan fingerprint density at radius 2 is 1.83 bits per heavy atom. The minimum Gasteiger partial charge on any atom is -0.490 e. The summed E-state index contributed by atoms with van der Waals surface area (Å²) in [7, 11) is 0. The molecule has 1 aromatic carbocycles. The maximum atomic E-state index is 11.8. The Bertz CT molecular complexity index is 536. The van der Waals surface area contributed by atoms with E-state index >= 15 is 0 Å². The molecule has 0 saturated heterocycles. The van der Waals surface area contributed by atoms with Crippen molar-refractivity contribution in [3.05, 3.63) is 29.8 Å². The summed E-state index contributed by atoms with van der Waals surface area (Å²) in [6.45, 7) is 3.13. The predicted molar refractivity (Wildman–Crippen MR) is 90.8 cm³/mol. The van der Waals surface area contributed by atoms with Crippen LogP contribution in [0.4, 0.5) is 0 Å². The lowest BCUT2D eigenvalue weighted by molar-refractivity contribution is -0.149. The number of nitrogens with two attached hydrogens (primary N) is 1. The van der Waals surface area contributed by atoms with Crippen LogP contribution in [0.5, 0.6) is 5.75 Å².